The Balaban J connectivity index is 2.10. The van der Waals surface area contributed by atoms with E-state index in [1.54, 1.807) is 12.1 Å². The van der Waals surface area contributed by atoms with Crippen LogP contribution in [0, 0.1) is 6.92 Å². The second-order valence-corrected chi connectivity index (χ2v) is 5.43. The molecule has 98 valence electrons. The van der Waals surface area contributed by atoms with Crippen molar-refractivity contribution in [1.82, 2.24) is 15.3 Å². The lowest BCUT2D eigenvalue weighted by atomic mass is 10.0. The van der Waals surface area contributed by atoms with E-state index in [1.165, 1.54) is 5.56 Å². The molecule has 2 aromatic rings. The highest BCUT2D eigenvalue weighted by molar-refractivity contribution is 6.42. The summed E-state index contributed by atoms with van der Waals surface area (Å²) in [5.74, 6) is 0.707. The van der Waals surface area contributed by atoms with Gasteiger partial charge in [-0.05, 0) is 43.7 Å². The van der Waals surface area contributed by atoms with Crippen LogP contribution in [0.15, 0.2) is 18.2 Å². The second kappa shape index (κ2) is 5.08. The second-order valence-electron chi connectivity index (χ2n) is 4.61. The molecule has 0 amide bonds. The largest absolute Gasteiger partial charge is 0.311 e. The molecular formula is C14H13Cl2N3. The fourth-order valence-electron chi connectivity index (χ4n) is 2.31. The van der Waals surface area contributed by atoms with Crippen molar-refractivity contribution in [3.05, 3.63) is 45.2 Å². The van der Waals surface area contributed by atoms with Gasteiger partial charge in [-0.3, -0.25) is 0 Å². The first-order valence-electron chi connectivity index (χ1n) is 6.17. The van der Waals surface area contributed by atoms with Gasteiger partial charge >= 0.3 is 0 Å². The molecule has 0 saturated heterocycles. The first-order chi connectivity index (χ1) is 9.15. The predicted octanol–water partition coefficient (Wildman–Crippen LogP) is 3.40. The highest BCUT2D eigenvalue weighted by Crippen LogP contribution is 2.28. The van der Waals surface area contributed by atoms with Crippen molar-refractivity contribution in [3.8, 4) is 11.4 Å². The Hall–Kier alpha value is -1.16. The molecule has 1 aromatic carbocycles. The van der Waals surface area contributed by atoms with Crippen LogP contribution in [-0.2, 0) is 13.0 Å². The van der Waals surface area contributed by atoms with E-state index in [4.69, 9.17) is 23.2 Å². The zero-order valence-electron chi connectivity index (χ0n) is 10.5. The zero-order chi connectivity index (χ0) is 13.4. The van der Waals surface area contributed by atoms with Gasteiger partial charge in [0.05, 0.1) is 15.7 Å². The Kier molecular flexibility index (Phi) is 3.44. The molecule has 2 heterocycles. The molecule has 1 aliphatic rings. The summed E-state index contributed by atoms with van der Waals surface area (Å²) in [4.78, 5) is 9.23. The molecule has 19 heavy (non-hydrogen) atoms. The number of fused-ring (bicyclic) bond motifs is 1. The van der Waals surface area contributed by atoms with E-state index >= 15 is 0 Å². The van der Waals surface area contributed by atoms with Crippen LogP contribution < -0.4 is 5.32 Å². The van der Waals surface area contributed by atoms with Crippen LogP contribution in [0.3, 0.4) is 0 Å². The van der Waals surface area contributed by atoms with Gasteiger partial charge in [-0.1, -0.05) is 23.2 Å². The normalized spacial score (nSPS) is 14.3. The highest BCUT2D eigenvalue weighted by atomic mass is 35.5. The van der Waals surface area contributed by atoms with Crippen molar-refractivity contribution in [2.24, 2.45) is 0 Å². The first kappa shape index (κ1) is 12.9. The lowest BCUT2D eigenvalue weighted by molar-refractivity contribution is 0.620. The van der Waals surface area contributed by atoms with Crippen LogP contribution in [0.4, 0.5) is 0 Å². The molecule has 1 aromatic heterocycles. The molecule has 3 nitrogen and oxygen atoms in total. The van der Waals surface area contributed by atoms with Crippen molar-refractivity contribution in [2.75, 3.05) is 6.54 Å². The SMILES string of the molecule is Cc1nc(-c2ccc(Cl)c(Cl)c2)nc2c1CCNC2. The number of nitrogens with one attached hydrogen (secondary N) is 1. The maximum atomic E-state index is 6.05. The number of aryl methyl sites for hydroxylation is 1. The van der Waals surface area contributed by atoms with Crippen LogP contribution in [0.25, 0.3) is 11.4 Å². The summed E-state index contributed by atoms with van der Waals surface area (Å²) < 4.78 is 0. The minimum Gasteiger partial charge on any atom is -0.311 e. The quantitative estimate of drug-likeness (QED) is 0.876. The van der Waals surface area contributed by atoms with E-state index in [0.717, 1.165) is 36.5 Å². The molecule has 0 atom stereocenters. The van der Waals surface area contributed by atoms with E-state index in [-0.39, 0.29) is 0 Å². The molecule has 0 spiro atoms. The van der Waals surface area contributed by atoms with Crippen LogP contribution in [-0.4, -0.2) is 16.5 Å². The van der Waals surface area contributed by atoms with Gasteiger partial charge in [0.1, 0.15) is 0 Å². The lowest BCUT2D eigenvalue weighted by Gasteiger charge is -2.18. The molecule has 0 radical (unpaired) electrons. The Morgan fingerprint density at radius 3 is 2.79 bits per heavy atom. The van der Waals surface area contributed by atoms with Gasteiger partial charge in [-0.15, -0.1) is 0 Å². The molecule has 0 saturated carbocycles. The molecule has 5 heteroatoms. The topological polar surface area (TPSA) is 37.8 Å². The summed E-state index contributed by atoms with van der Waals surface area (Å²) in [6.45, 7) is 3.82. The number of hydrogen-bond acceptors (Lipinski definition) is 3. The number of benzene rings is 1. The molecule has 0 fully saturated rings. The Morgan fingerprint density at radius 2 is 2.00 bits per heavy atom. The van der Waals surface area contributed by atoms with Crippen molar-refractivity contribution in [1.29, 1.82) is 0 Å². The van der Waals surface area contributed by atoms with Crippen molar-refractivity contribution < 1.29 is 0 Å². The van der Waals surface area contributed by atoms with Gasteiger partial charge in [-0.2, -0.15) is 0 Å². The fraction of sp³-hybridized carbons (Fsp3) is 0.286. The molecule has 0 aliphatic carbocycles. The minimum absolute atomic E-state index is 0.524. The molecule has 0 bridgehead atoms. The number of rotatable bonds is 1. The predicted molar refractivity (Wildman–Crippen MR) is 77.6 cm³/mol. The average Bonchev–Trinajstić information content (AvgIpc) is 2.42. The Labute approximate surface area is 122 Å². The number of halogens is 2. The standard InChI is InChI=1S/C14H13Cl2N3/c1-8-10-4-5-17-7-13(10)19-14(18-8)9-2-3-11(15)12(16)6-9/h2-3,6,17H,4-5,7H2,1H3. The minimum atomic E-state index is 0.524. The summed E-state index contributed by atoms with van der Waals surface area (Å²) in [6.07, 6.45) is 0.989. The fourth-order valence-corrected chi connectivity index (χ4v) is 2.61. The summed E-state index contributed by atoms with van der Waals surface area (Å²) >= 11 is 12.0. The maximum Gasteiger partial charge on any atom is 0.159 e. The van der Waals surface area contributed by atoms with E-state index in [1.807, 2.05) is 13.0 Å². The zero-order valence-corrected chi connectivity index (χ0v) is 12.0. The molecule has 3 rings (SSSR count). The van der Waals surface area contributed by atoms with Gasteiger partial charge in [0.2, 0.25) is 0 Å². The van der Waals surface area contributed by atoms with Crippen LogP contribution in [0.2, 0.25) is 10.0 Å². The van der Waals surface area contributed by atoms with Gasteiger partial charge in [0.15, 0.2) is 5.82 Å². The van der Waals surface area contributed by atoms with E-state index in [2.05, 4.69) is 15.3 Å². The number of nitrogens with zero attached hydrogens (tertiary/aromatic N) is 2. The van der Waals surface area contributed by atoms with Crippen LogP contribution >= 0.6 is 23.2 Å². The first-order valence-corrected chi connectivity index (χ1v) is 6.93. The van der Waals surface area contributed by atoms with Crippen LogP contribution in [0.5, 0.6) is 0 Å². The summed E-state index contributed by atoms with van der Waals surface area (Å²) in [6, 6.07) is 5.47. The van der Waals surface area contributed by atoms with Crippen molar-refractivity contribution in [3.63, 3.8) is 0 Å². The number of aromatic nitrogens is 2. The lowest BCUT2D eigenvalue weighted by Crippen LogP contribution is -2.26. The Morgan fingerprint density at radius 1 is 1.16 bits per heavy atom. The van der Waals surface area contributed by atoms with E-state index in [9.17, 15) is 0 Å². The molecule has 1 N–H and O–H groups in total. The Bertz CT molecular complexity index is 641. The van der Waals surface area contributed by atoms with Gasteiger partial charge in [0.25, 0.3) is 0 Å². The monoisotopic (exact) mass is 293 g/mol. The molecular weight excluding hydrogens is 281 g/mol. The molecule has 0 unspecified atom stereocenters. The van der Waals surface area contributed by atoms with Crippen molar-refractivity contribution in [2.45, 2.75) is 19.9 Å². The summed E-state index contributed by atoms with van der Waals surface area (Å²) in [5, 5.41) is 4.40. The summed E-state index contributed by atoms with van der Waals surface area (Å²) in [7, 11) is 0. The van der Waals surface area contributed by atoms with Crippen molar-refractivity contribution >= 4 is 23.2 Å². The maximum absolute atomic E-state index is 6.05. The van der Waals surface area contributed by atoms with Crippen LogP contribution in [0.1, 0.15) is 17.0 Å². The van der Waals surface area contributed by atoms with Gasteiger partial charge in [-0.25, -0.2) is 9.97 Å². The van der Waals surface area contributed by atoms with E-state index < -0.39 is 0 Å². The van der Waals surface area contributed by atoms with Gasteiger partial charge < -0.3 is 5.32 Å². The highest BCUT2D eigenvalue weighted by Gasteiger charge is 2.16. The van der Waals surface area contributed by atoms with E-state index in [0.29, 0.717) is 15.9 Å². The molecule has 1 aliphatic heterocycles. The third-order valence-corrected chi connectivity index (χ3v) is 4.06. The summed E-state index contributed by atoms with van der Waals surface area (Å²) in [5.41, 5.74) is 4.29. The van der Waals surface area contributed by atoms with Gasteiger partial charge in [0, 0.05) is 17.8 Å². The number of hydrogen-bond donors (Lipinski definition) is 1. The smallest absolute Gasteiger partial charge is 0.159 e. The average molecular weight is 294 g/mol. The third kappa shape index (κ3) is 2.46. The third-order valence-electron chi connectivity index (χ3n) is 3.32.